The Balaban J connectivity index is 1.76. The first kappa shape index (κ1) is 23.3. The fourth-order valence-electron chi connectivity index (χ4n) is 4.22. The Morgan fingerprint density at radius 1 is 0.917 bits per heavy atom. The fraction of sp³-hybridized carbons (Fsp3) is 0.0690. The molecule has 5 rings (SSSR count). The van der Waals surface area contributed by atoms with Crippen LogP contribution < -0.4 is 10.6 Å². The van der Waals surface area contributed by atoms with Crippen molar-refractivity contribution < 1.29 is 14.3 Å². The number of nitrogens with one attached hydrogen (secondary N) is 2. The predicted octanol–water partition coefficient (Wildman–Crippen LogP) is 5.33. The van der Waals surface area contributed by atoms with Crippen molar-refractivity contribution in [3.63, 3.8) is 0 Å². The number of benzene rings is 3. The van der Waals surface area contributed by atoms with E-state index in [9.17, 15) is 9.59 Å². The van der Waals surface area contributed by atoms with Crippen molar-refractivity contribution in [1.82, 2.24) is 15.2 Å². The monoisotopic (exact) mass is 493 g/mol. The summed E-state index contributed by atoms with van der Waals surface area (Å²) in [7, 11) is 0. The predicted molar refractivity (Wildman–Crippen MR) is 144 cm³/mol. The summed E-state index contributed by atoms with van der Waals surface area (Å²) in [6, 6.07) is 29.4. The second kappa shape index (κ2) is 10.0. The standard InChI is InChI=1S/C29H23N3O3S/c1-2-35-28(34)21-13-15-23(16-14-21)32-25(19-9-5-3-6-10-19)18-22(17-24-27(33)31-29(36)30-24)26(32)20-11-7-4-8-12-20/h3-18H,2H2,1H3,(H2,30,31,33,36)/b24-17+. The van der Waals surface area contributed by atoms with Crippen molar-refractivity contribution in [2.45, 2.75) is 6.92 Å². The van der Waals surface area contributed by atoms with Crippen LogP contribution in [0.15, 0.2) is 96.7 Å². The van der Waals surface area contributed by atoms with E-state index in [0.29, 0.717) is 17.9 Å². The van der Waals surface area contributed by atoms with Crippen LogP contribution in [0.4, 0.5) is 0 Å². The lowest BCUT2D eigenvalue weighted by molar-refractivity contribution is -0.115. The number of hydrogen-bond donors (Lipinski definition) is 2. The molecule has 178 valence electrons. The van der Waals surface area contributed by atoms with Gasteiger partial charge in [0.05, 0.1) is 23.6 Å². The Morgan fingerprint density at radius 3 is 2.14 bits per heavy atom. The minimum absolute atomic E-state index is 0.271. The third-order valence-electron chi connectivity index (χ3n) is 5.80. The maximum absolute atomic E-state index is 12.4. The number of thiocarbonyl (C=S) groups is 1. The van der Waals surface area contributed by atoms with Crippen molar-refractivity contribution in [2.75, 3.05) is 6.61 Å². The molecule has 0 spiro atoms. The van der Waals surface area contributed by atoms with Crippen LogP contribution >= 0.6 is 12.2 Å². The summed E-state index contributed by atoms with van der Waals surface area (Å²) >= 11 is 5.12. The van der Waals surface area contributed by atoms with Gasteiger partial charge in [-0.05, 0) is 66.7 Å². The molecule has 2 heterocycles. The number of ether oxygens (including phenoxy) is 1. The van der Waals surface area contributed by atoms with E-state index in [0.717, 1.165) is 33.8 Å². The van der Waals surface area contributed by atoms with Gasteiger partial charge in [-0.15, -0.1) is 0 Å². The minimum Gasteiger partial charge on any atom is -0.462 e. The molecule has 1 saturated heterocycles. The smallest absolute Gasteiger partial charge is 0.338 e. The molecule has 0 aliphatic carbocycles. The van der Waals surface area contributed by atoms with Crippen molar-refractivity contribution >= 4 is 35.3 Å². The molecule has 1 aliphatic rings. The Morgan fingerprint density at radius 2 is 1.56 bits per heavy atom. The van der Waals surface area contributed by atoms with Crippen LogP contribution in [-0.4, -0.2) is 28.2 Å². The number of carbonyl (C=O) groups is 2. The first-order valence-electron chi connectivity index (χ1n) is 11.5. The molecule has 1 aliphatic heterocycles. The Hall–Kier alpha value is -4.49. The zero-order chi connectivity index (χ0) is 25.1. The molecular weight excluding hydrogens is 470 g/mol. The highest BCUT2D eigenvalue weighted by atomic mass is 32.1. The molecular formula is C29H23N3O3S. The lowest BCUT2D eigenvalue weighted by atomic mass is 10.1. The van der Waals surface area contributed by atoms with Gasteiger partial charge in [0.2, 0.25) is 0 Å². The van der Waals surface area contributed by atoms with Crippen LogP contribution in [0, 0.1) is 0 Å². The third-order valence-corrected chi connectivity index (χ3v) is 6.01. The van der Waals surface area contributed by atoms with Crippen LogP contribution in [0.5, 0.6) is 0 Å². The maximum Gasteiger partial charge on any atom is 0.338 e. The fourth-order valence-corrected chi connectivity index (χ4v) is 4.42. The van der Waals surface area contributed by atoms with Gasteiger partial charge >= 0.3 is 5.97 Å². The number of hydrogen-bond acceptors (Lipinski definition) is 4. The largest absolute Gasteiger partial charge is 0.462 e. The Bertz CT molecular complexity index is 1470. The van der Waals surface area contributed by atoms with E-state index in [-0.39, 0.29) is 17.0 Å². The van der Waals surface area contributed by atoms with Gasteiger partial charge in [0.25, 0.3) is 5.91 Å². The van der Waals surface area contributed by atoms with Gasteiger partial charge in [0, 0.05) is 11.3 Å². The van der Waals surface area contributed by atoms with Gasteiger partial charge in [-0.2, -0.15) is 0 Å². The van der Waals surface area contributed by atoms with Crippen LogP contribution in [-0.2, 0) is 9.53 Å². The molecule has 1 fully saturated rings. The van der Waals surface area contributed by atoms with Crippen LogP contribution in [0.1, 0.15) is 22.8 Å². The molecule has 4 aromatic rings. The highest BCUT2D eigenvalue weighted by Crippen LogP contribution is 2.37. The molecule has 6 nitrogen and oxygen atoms in total. The van der Waals surface area contributed by atoms with Crippen molar-refractivity contribution in [3.8, 4) is 28.2 Å². The summed E-state index contributed by atoms with van der Waals surface area (Å²) < 4.78 is 7.28. The van der Waals surface area contributed by atoms with Gasteiger partial charge in [0.15, 0.2) is 5.11 Å². The van der Waals surface area contributed by atoms with Gasteiger partial charge in [-0.1, -0.05) is 60.7 Å². The number of rotatable bonds is 6. The summed E-state index contributed by atoms with van der Waals surface area (Å²) in [6.07, 6.45) is 1.81. The molecule has 1 amide bonds. The second-order valence-corrected chi connectivity index (χ2v) is 8.54. The SMILES string of the molecule is CCOC(=O)c1ccc(-n2c(-c3ccccc3)cc(/C=C3/NC(=S)NC3=O)c2-c2ccccc2)cc1. The van der Waals surface area contributed by atoms with E-state index in [1.54, 1.807) is 19.1 Å². The van der Waals surface area contributed by atoms with Gasteiger partial charge in [0.1, 0.15) is 5.70 Å². The van der Waals surface area contributed by atoms with Gasteiger partial charge in [-0.3, -0.25) is 10.1 Å². The number of esters is 1. The first-order valence-corrected chi connectivity index (χ1v) is 11.9. The average molecular weight is 494 g/mol. The van der Waals surface area contributed by atoms with Crippen LogP contribution in [0.3, 0.4) is 0 Å². The zero-order valence-corrected chi connectivity index (χ0v) is 20.3. The highest BCUT2D eigenvalue weighted by Gasteiger charge is 2.24. The molecule has 0 atom stereocenters. The molecule has 0 saturated carbocycles. The molecule has 2 N–H and O–H groups in total. The van der Waals surface area contributed by atoms with E-state index in [4.69, 9.17) is 17.0 Å². The van der Waals surface area contributed by atoms with E-state index in [1.165, 1.54) is 0 Å². The second-order valence-electron chi connectivity index (χ2n) is 8.13. The summed E-state index contributed by atoms with van der Waals surface area (Å²) in [5.41, 5.74) is 6.39. The van der Waals surface area contributed by atoms with E-state index >= 15 is 0 Å². The van der Waals surface area contributed by atoms with Crippen molar-refractivity contribution in [1.29, 1.82) is 0 Å². The van der Waals surface area contributed by atoms with E-state index in [2.05, 4.69) is 21.3 Å². The minimum atomic E-state index is -0.358. The molecule has 3 aromatic carbocycles. The summed E-state index contributed by atoms with van der Waals surface area (Å²) in [6.45, 7) is 2.10. The molecule has 1 aromatic heterocycles. The Kier molecular flexibility index (Phi) is 6.47. The van der Waals surface area contributed by atoms with Crippen LogP contribution in [0.2, 0.25) is 0 Å². The maximum atomic E-state index is 12.4. The third kappa shape index (κ3) is 4.56. The lowest BCUT2D eigenvalue weighted by Crippen LogP contribution is -2.21. The van der Waals surface area contributed by atoms with Gasteiger partial charge < -0.3 is 14.6 Å². The molecule has 0 radical (unpaired) electrons. The van der Waals surface area contributed by atoms with Gasteiger partial charge in [-0.25, -0.2) is 4.79 Å². The topological polar surface area (TPSA) is 72.4 Å². The van der Waals surface area contributed by atoms with Crippen LogP contribution in [0.25, 0.3) is 34.3 Å². The zero-order valence-electron chi connectivity index (χ0n) is 19.5. The Labute approximate surface area is 214 Å². The van der Waals surface area contributed by atoms with Crippen molar-refractivity contribution in [3.05, 3.63) is 108 Å². The average Bonchev–Trinajstić information content (AvgIpc) is 3.44. The van der Waals surface area contributed by atoms with Crippen molar-refractivity contribution in [2.24, 2.45) is 0 Å². The number of amides is 1. The molecule has 0 bridgehead atoms. The first-order chi connectivity index (χ1) is 17.5. The number of nitrogens with zero attached hydrogens (tertiary/aromatic N) is 1. The summed E-state index contributed by atoms with van der Waals surface area (Å²) in [5, 5.41) is 5.85. The quantitative estimate of drug-likeness (QED) is 0.216. The highest BCUT2D eigenvalue weighted by molar-refractivity contribution is 7.80. The summed E-state index contributed by atoms with van der Waals surface area (Å²) in [4.78, 5) is 24.7. The summed E-state index contributed by atoms with van der Waals surface area (Å²) in [5.74, 6) is -0.630. The van der Waals surface area contributed by atoms with E-state index < -0.39 is 0 Å². The normalized spacial score (nSPS) is 14.0. The lowest BCUT2D eigenvalue weighted by Gasteiger charge is -2.15. The number of carbonyl (C=O) groups excluding carboxylic acids is 2. The molecule has 0 unspecified atom stereocenters. The number of aromatic nitrogens is 1. The molecule has 7 heteroatoms. The van der Waals surface area contributed by atoms with E-state index in [1.807, 2.05) is 78.9 Å². The molecule has 36 heavy (non-hydrogen) atoms.